The SMILES string of the molecule is CC(C)NC(=O)Nc1ccc(CN[C@@H]2[C@@H]3CCCO[C@@H]3C2(C)C)cc1. The van der Waals surface area contributed by atoms with Crippen LogP contribution in [0.2, 0.25) is 0 Å². The molecule has 25 heavy (non-hydrogen) atoms. The van der Waals surface area contributed by atoms with Crippen molar-refractivity contribution < 1.29 is 9.53 Å². The highest BCUT2D eigenvalue weighted by atomic mass is 16.5. The van der Waals surface area contributed by atoms with Gasteiger partial charge in [-0.3, -0.25) is 0 Å². The molecule has 1 heterocycles. The third-order valence-corrected chi connectivity index (χ3v) is 5.49. The molecule has 2 fully saturated rings. The first-order valence-electron chi connectivity index (χ1n) is 9.39. The Morgan fingerprint density at radius 1 is 1.28 bits per heavy atom. The minimum atomic E-state index is -0.166. The molecule has 3 N–H and O–H groups in total. The number of rotatable bonds is 5. The van der Waals surface area contributed by atoms with Crippen LogP contribution in [0.3, 0.4) is 0 Å². The molecule has 1 aliphatic heterocycles. The molecule has 1 aromatic rings. The van der Waals surface area contributed by atoms with Crippen LogP contribution >= 0.6 is 0 Å². The van der Waals surface area contributed by atoms with Gasteiger partial charge in [-0.05, 0) is 44.4 Å². The van der Waals surface area contributed by atoms with E-state index < -0.39 is 0 Å². The van der Waals surface area contributed by atoms with E-state index >= 15 is 0 Å². The van der Waals surface area contributed by atoms with E-state index in [-0.39, 0.29) is 17.5 Å². The van der Waals surface area contributed by atoms with Gasteiger partial charge in [0.25, 0.3) is 0 Å². The monoisotopic (exact) mass is 345 g/mol. The van der Waals surface area contributed by atoms with E-state index in [1.807, 2.05) is 26.0 Å². The van der Waals surface area contributed by atoms with Crippen LogP contribution in [0.15, 0.2) is 24.3 Å². The van der Waals surface area contributed by atoms with Gasteiger partial charge in [-0.1, -0.05) is 26.0 Å². The van der Waals surface area contributed by atoms with E-state index in [0.29, 0.717) is 18.1 Å². The smallest absolute Gasteiger partial charge is 0.319 e. The summed E-state index contributed by atoms with van der Waals surface area (Å²) in [7, 11) is 0. The fourth-order valence-corrected chi connectivity index (χ4v) is 4.30. The third-order valence-electron chi connectivity index (χ3n) is 5.49. The number of ether oxygens (including phenoxy) is 1. The van der Waals surface area contributed by atoms with Gasteiger partial charge in [0.1, 0.15) is 0 Å². The quantitative estimate of drug-likeness (QED) is 0.765. The van der Waals surface area contributed by atoms with Crippen LogP contribution in [0, 0.1) is 11.3 Å². The Bertz CT molecular complexity index is 597. The van der Waals surface area contributed by atoms with Crippen molar-refractivity contribution in [3.8, 4) is 0 Å². The molecular formula is C20H31N3O2. The Morgan fingerprint density at radius 2 is 2.00 bits per heavy atom. The molecule has 2 aliphatic rings. The number of anilines is 1. The highest BCUT2D eigenvalue weighted by molar-refractivity contribution is 5.89. The Labute approximate surface area is 150 Å². The molecule has 138 valence electrons. The van der Waals surface area contributed by atoms with Gasteiger partial charge in [-0.25, -0.2) is 4.79 Å². The maximum Gasteiger partial charge on any atom is 0.319 e. The summed E-state index contributed by atoms with van der Waals surface area (Å²) in [5, 5.41) is 9.40. The number of benzene rings is 1. The van der Waals surface area contributed by atoms with Crippen LogP contribution in [0.1, 0.15) is 46.1 Å². The lowest BCUT2D eigenvalue weighted by Gasteiger charge is -2.60. The number of hydrogen-bond acceptors (Lipinski definition) is 3. The van der Waals surface area contributed by atoms with Crippen molar-refractivity contribution in [1.82, 2.24) is 10.6 Å². The highest BCUT2D eigenvalue weighted by Crippen LogP contribution is 2.51. The molecule has 0 radical (unpaired) electrons. The molecule has 3 rings (SSSR count). The average molecular weight is 345 g/mol. The van der Waals surface area contributed by atoms with Gasteiger partial charge in [0.05, 0.1) is 6.10 Å². The van der Waals surface area contributed by atoms with Crippen LogP contribution in [-0.2, 0) is 11.3 Å². The van der Waals surface area contributed by atoms with Gasteiger partial charge in [0.15, 0.2) is 0 Å². The molecule has 0 bridgehead atoms. The first kappa shape index (κ1) is 18.2. The zero-order valence-corrected chi connectivity index (χ0v) is 15.8. The maximum atomic E-state index is 11.7. The van der Waals surface area contributed by atoms with Gasteiger partial charge >= 0.3 is 6.03 Å². The minimum absolute atomic E-state index is 0.127. The van der Waals surface area contributed by atoms with Crippen molar-refractivity contribution in [2.24, 2.45) is 11.3 Å². The number of carbonyl (C=O) groups is 1. The molecule has 5 nitrogen and oxygen atoms in total. The molecule has 1 aromatic carbocycles. The average Bonchev–Trinajstić information content (AvgIpc) is 2.55. The summed E-state index contributed by atoms with van der Waals surface area (Å²) in [5.74, 6) is 0.643. The van der Waals surface area contributed by atoms with Gasteiger partial charge in [0, 0.05) is 42.3 Å². The van der Waals surface area contributed by atoms with Crippen molar-refractivity contribution in [3.05, 3.63) is 29.8 Å². The van der Waals surface area contributed by atoms with Crippen LogP contribution in [0.25, 0.3) is 0 Å². The molecule has 1 aliphatic carbocycles. The molecule has 1 saturated carbocycles. The lowest BCUT2D eigenvalue weighted by Crippen LogP contribution is -2.69. The second-order valence-corrected chi connectivity index (χ2v) is 8.23. The first-order valence-corrected chi connectivity index (χ1v) is 9.39. The zero-order chi connectivity index (χ0) is 18.0. The minimum Gasteiger partial charge on any atom is -0.377 e. The Morgan fingerprint density at radius 3 is 2.68 bits per heavy atom. The topological polar surface area (TPSA) is 62.4 Å². The summed E-state index contributed by atoms with van der Waals surface area (Å²) in [6.07, 6.45) is 2.85. The molecule has 5 heteroatoms. The number of fused-ring (bicyclic) bond motifs is 1. The molecule has 0 spiro atoms. The lowest BCUT2D eigenvalue weighted by atomic mass is 9.55. The highest BCUT2D eigenvalue weighted by Gasteiger charge is 2.57. The standard InChI is InChI=1S/C20H31N3O2/c1-13(2)22-19(24)23-15-9-7-14(8-10-15)12-21-17-16-6-5-11-25-18(16)20(17,3)4/h7-10,13,16-18,21H,5-6,11-12H2,1-4H3,(H2,22,23,24)/t16-,17+,18-/m0/s1. The predicted molar refractivity (Wildman–Crippen MR) is 101 cm³/mol. The lowest BCUT2D eigenvalue weighted by molar-refractivity contribution is -0.192. The van der Waals surface area contributed by atoms with E-state index in [4.69, 9.17) is 4.74 Å². The van der Waals surface area contributed by atoms with Crippen LogP contribution < -0.4 is 16.0 Å². The molecule has 3 atom stereocenters. The summed E-state index contributed by atoms with van der Waals surface area (Å²) in [6, 6.07) is 8.51. The second kappa shape index (κ2) is 7.34. The Hall–Kier alpha value is -1.59. The van der Waals surface area contributed by atoms with Gasteiger partial charge in [-0.15, -0.1) is 0 Å². The molecule has 0 unspecified atom stereocenters. The van der Waals surface area contributed by atoms with Crippen molar-refractivity contribution >= 4 is 11.7 Å². The number of carbonyl (C=O) groups excluding carboxylic acids is 1. The van der Waals surface area contributed by atoms with E-state index in [2.05, 4.69) is 41.9 Å². The summed E-state index contributed by atoms with van der Waals surface area (Å²) in [6.45, 7) is 10.2. The fraction of sp³-hybridized carbons (Fsp3) is 0.650. The summed E-state index contributed by atoms with van der Waals surface area (Å²) in [5.41, 5.74) is 2.24. The number of urea groups is 1. The van der Waals surface area contributed by atoms with Crippen LogP contribution in [0.5, 0.6) is 0 Å². The van der Waals surface area contributed by atoms with Crippen molar-refractivity contribution in [2.45, 2.75) is 65.3 Å². The summed E-state index contributed by atoms with van der Waals surface area (Å²) < 4.78 is 5.97. The first-order chi connectivity index (χ1) is 11.9. The molecule has 1 saturated heterocycles. The predicted octanol–water partition coefficient (Wildman–Crippen LogP) is 3.51. The largest absolute Gasteiger partial charge is 0.377 e. The summed E-state index contributed by atoms with van der Waals surface area (Å²) in [4.78, 5) is 11.7. The Kier molecular flexibility index (Phi) is 5.35. The van der Waals surface area contributed by atoms with Crippen molar-refractivity contribution in [2.75, 3.05) is 11.9 Å². The van der Waals surface area contributed by atoms with E-state index in [9.17, 15) is 4.79 Å². The molecule has 2 amide bonds. The number of nitrogens with one attached hydrogen (secondary N) is 3. The van der Waals surface area contributed by atoms with E-state index in [1.54, 1.807) is 0 Å². The number of hydrogen-bond donors (Lipinski definition) is 3. The zero-order valence-electron chi connectivity index (χ0n) is 15.8. The normalized spacial score (nSPS) is 27.3. The van der Waals surface area contributed by atoms with Gasteiger partial charge in [-0.2, -0.15) is 0 Å². The Balaban J connectivity index is 1.51. The van der Waals surface area contributed by atoms with E-state index in [0.717, 1.165) is 18.8 Å². The van der Waals surface area contributed by atoms with E-state index in [1.165, 1.54) is 18.4 Å². The third kappa shape index (κ3) is 3.98. The van der Waals surface area contributed by atoms with Gasteiger partial charge < -0.3 is 20.7 Å². The molecular weight excluding hydrogens is 314 g/mol. The van der Waals surface area contributed by atoms with Crippen molar-refractivity contribution in [3.63, 3.8) is 0 Å². The second-order valence-electron chi connectivity index (χ2n) is 8.23. The number of amides is 2. The maximum absolute atomic E-state index is 11.7. The molecule has 0 aromatic heterocycles. The van der Waals surface area contributed by atoms with Gasteiger partial charge in [0.2, 0.25) is 0 Å². The van der Waals surface area contributed by atoms with Crippen LogP contribution in [0.4, 0.5) is 10.5 Å². The van der Waals surface area contributed by atoms with Crippen molar-refractivity contribution in [1.29, 1.82) is 0 Å². The fourth-order valence-electron chi connectivity index (χ4n) is 4.30. The summed E-state index contributed by atoms with van der Waals surface area (Å²) >= 11 is 0. The van der Waals surface area contributed by atoms with Crippen LogP contribution in [-0.4, -0.2) is 30.8 Å².